The van der Waals surface area contributed by atoms with E-state index in [4.69, 9.17) is 5.73 Å². The number of pyridine rings is 1. The van der Waals surface area contributed by atoms with E-state index in [1.807, 2.05) is 0 Å². The van der Waals surface area contributed by atoms with Crippen molar-refractivity contribution >= 4 is 44.5 Å². The molecule has 0 fully saturated rings. The number of nitrogens with zero attached hydrogens (tertiary/aromatic N) is 2. The number of nitro benzene ring substituents is 1. The Hall–Kier alpha value is -3.21. The highest BCUT2D eigenvalue weighted by Crippen LogP contribution is 2.42. The lowest BCUT2D eigenvalue weighted by Gasteiger charge is -2.09. The fourth-order valence-electron chi connectivity index (χ4n) is 2.49. The van der Waals surface area contributed by atoms with Crippen molar-refractivity contribution < 1.29 is 22.9 Å². The number of benzene rings is 1. The molecule has 0 unspecified atom stereocenters. The quantitative estimate of drug-likeness (QED) is 0.505. The van der Waals surface area contributed by atoms with Crippen molar-refractivity contribution in [3.05, 3.63) is 56.6 Å². The molecule has 0 spiro atoms. The third-order valence-corrected chi connectivity index (χ3v) is 4.77. The maximum Gasteiger partial charge on any atom is 0.417 e. The molecule has 7 nitrogen and oxygen atoms in total. The van der Waals surface area contributed by atoms with Gasteiger partial charge in [0.25, 0.3) is 11.6 Å². The van der Waals surface area contributed by atoms with Crippen molar-refractivity contribution in [2.75, 3.05) is 11.1 Å². The van der Waals surface area contributed by atoms with Gasteiger partial charge in [0.15, 0.2) is 0 Å². The molecule has 3 rings (SSSR count). The fourth-order valence-corrected chi connectivity index (χ4v) is 3.55. The van der Waals surface area contributed by atoms with Gasteiger partial charge in [-0.2, -0.15) is 13.2 Å². The summed E-state index contributed by atoms with van der Waals surface area (Å²) in [4.78, 5) is 26.4. The number of aromatic nitrogens is 1. The van der Waals surface area contributed by atoms with Crippen molar-refractivity contribution in [2.45, 2.75) is 13.1 Å². The van der Waals surface area contributed by atoms with Crippen molar-refractivity contribution in [3.63, 3.8) is 0 Å². The van der Waals surface area contributed by atoms with E-state index in [0.29, 0.717) is 0 Å². The summed E-state index contributed by atoms with van der Waals surface area (Å²) in [6.07, 6.45) is -4.65. The molecule has 3 N–H and O–H groups in total. The van der Waals surface area contributed by atoms with Gasteiger partial charge in [0.05, 0.1) is 16.2 Å². The summed E-state index contributed by atoms with van der Waals surface area (Å²) < 4.78 is 39.9. The van der Waals surface area contributed by atoms with Gasteiger partial charge in [0.1, 0.15) is 9.71 Å². The monoisotopic (exact) mass is 396 g/mol. The molecule has 1 aromatic carbocycles. The number of hydrogen-bond donors (Lipinski definition) is 2. The van der Waals surface area contributed by atoms with E-state index in [1.165, 1.54) is 31.2 Å². The Kier molecular flexibility index (Phi) is 4.47. The van der Waals surface area contributed by atoms with Crippen LogP contribution >= 0.6 is 11.3 Å². The van der Waals surface area contributed by atoms with Crippen LogP contribution < -0.4 is 11.1 Å². The van der Waals surface area contributed by atoms with E-state index >= 15 is 0 Å². The molecule has 2 heterocycles. The van der Waals surface area contributed by atoms with Gasteiger partial charge in [0.2, 0.25) is 0 Å². The first-order valence-corrected chi connectivity index (χ1v) is 8.22. The minimum Gasteiger partial charge on any atom is -0.397 e. The second-order valence-corrected chi connectivity index (χ2v) is 6.59. The number of nitrogens with one attached hydrogen (secondary N) is 1. The molecule has 0 aliphatic rings. The molecule has 0 saturated heterocycles. The Morgan fingerprint density at radius 2 is 1.93 bits per heavy atom. The normalized spacial score (nSPS) is 11.6. The van der Waals surface area contributed by atoms with E-state index < -0.39 is 22.6 Å². The summed E-state index contributed by atoms with van der Waals surface area (Å²) in [5.74, 6) is -0.727. The molecule has 0 saturated carbocycles. The molecule has 0 radical (unpaired) electrons. The molecule has 0 atom stereocenters. The van der Waals surface area contributed by atoms with E-state index in [-0.39, 0.29) is 37.8 Å². The number of carbonyl (C=O) groups is 1. The van der Waals surface area contributed by atoms with E-state index in [1.54, 1.807) is 0 Å². The largest absolute Gasteiger partial charge is 0.417 e. The predicted octanol–water partition coefficient (Wildman–Crippen LogP) is 4.37. The van der Waals surface area contributed by atoms with Crippen LogP contribution in [0.15, 0.2) is 30.3 Å². The van der Waals surface area contributed by atoms with Crippen LogP contribution in [0.2, 0.25) is 0 Å². The summed E-state index contributed by atoms with van der Waals surface area (Å²) in [5, 5.41) is 12.8. The van der Waals surface area contributed by atoms with E-state index in [2.05, 4.69) is 10.3 Å². The van der Waals surface area contributed by atoms with Crippen LogP contribution in [0.5, 0.6) is 0 Å². The molecule has 27 heavy (non-hydrogen) atoms. The Morgan fingerprint density at radius 1 is 1.30 bits per heavy atom. The number of anilines is 2. The first kappa shape index (κ1) is 18.6. The molecule has 0 aliphatic carbocycles. The van der Waals surface area contributed by atoms with E-state index in [0.717, 1.165) is 17.4 Å². The predicted molar refractivity (Wildman–Crippen MR) is 94.8 cm³/mol. The lowest BCUT2D eigenvalue weighted by Crippen LogP contribution is -2.12. The minimum absolute atomic E-state index is 0.00803. The molecule has 140 valence electrons. The van der Waals surface area contributed by atoms with Crippen LogP contribution in [0.25, 0.3) is 10.2 Å². The molecule has 11 heteroatoms. The Bertz CT molecular complexity index is 1060. The number of nitrogens with two attached hydrogens (primary N) is 1. The number of alkyl halides is 3. The van der Waals surface area contributed by atoms with Crippen molar-refractivity contribution in [1.29, 1.82) is 0 Å². The van der Waals surface area contributed by atoms with Crippen LogP contribution in [0.1, 0.15) is 20.9 Å². The first-order chi connectivity index (χ1) is 12.6. The fraction of sp³-hybridized carbons (Fsp3) is 0.125. The summed E-state index contributed by atoms with van der Waals surface area (Å²) in [6, 6.07) is 5.88. The van der Waals surface area contributed by atoms with Gasteiger partial charge in [-0.25, -0.2) is 4.98 Å². The maximum absolute atomic E-state index is 13.3. The molecule has 3 aromatic rings. The Balaban J connectivity index is 2.00. The summed E-state index contributed by atoms with van der Waals surface area (Å²) >= 11 is 0.747. The lowest BCUT2D eigenvalue weighted by molar-refractivity contribution is -0.384. The zero-order chi connectivity index (χ0) is 19.9. The number of halogens is 3. The summed E-state index contributed by atoms with van der Waals surface area (Å²) in [5.41, 5.74) is 4.79. The second kappa shape index (κ2) is 6.50. The highest BCUT2D eigenvalue weighted by molar-refractivity contribution is 7.21. The van der Waals surface area contributed by atoms with Gasteiger partial charge in [-0.05, 0) is 25.1 Å². The van der Waals surface area contributed by atoms with Gasteiger partial charge < -0.3 is 11.1 Å². The number of fused-ring (bicyclic) bond motifs is 1. The topological polar surface area (TPSA) is 111 Å². The summed E-state index contributed by atoms with van der Waals surface area (Å²) in [6.45, 7) is 1.42. The van der Waals surface area contributed by atoms with Gasteiger partial charge in [0, 0.05) is 28.9 Å². The number of rotatable bonds is 3. The SMILES string of the molecule is Cc1cc(C(F)(F)F)c2c(N)c(C(=O)Nc3ccc([N+](=O)[O-])cc3)sc2n1. The number of nitrogen functional groups attached to an aromatic ring is 1. The minimum atomic E-state index is -4.65. The number of carbonyl (C=O) groups excluding carboxylic acids is 1. The standard InChI is InChI=1S/C16H11F3N4O3S/c1-7-6-10(16(17,18)19)11-12(20)13(27-15(11)21-7)14(24)22-8-2-4-9(5-3-8)23(25)26/h2-6H,20H2,1H3,(H,22,24). The highest BCUT2D eigenvalue weighted by atomic mass is 32.1. The van der Waals surface area contributed by atoms with Crippen molar-refractivity contribution in [3.8, 4) is 0 Å². The van der Waals surface area contributed by atoms with Crippen LogP contribution in [0, 0.1) is 17.0 Å². The molecule has 1 amide bonds. The van der Waals surface area contributed by atoms with Crippen LogP contribution in [-0.4, -0.2) is 15.8 Å². The van der Waals surface area contributed by atoms with Gasteiger partial charge in [-0.15, -0.1) is 11.3 Å². The number of amides is 1. The van der Waals surface area contributed by atoms with Crippen LogP contribution in [0.3, 0.4) is 0 Å². The zero-order valence-electron chi connectivity index (χ0n) is 13.6. The van der Waals surface area contributed by atoms with E-state index in [9.17, 15) is 28.1 Å². The average molecular weight is 396 g/mol. The zero-order valence-corrected chi connectivity index (χ0v) is 14.4. The van der Waals surface area contributed by atoms with Crippen molar-refractivity contribution in [1.82, 2.24) is 4.98 Å². The lowest BCUT2D eigenvalue weighted by atomic mass is 10.1. The van der Waals surface area contributed by atoms with Crippen LogP contribution in [-0.2, 0) is 6.18 Å². The van der Waals surface area contributed by atoms with Gasteiger partial charge in [-0.1, -0.05) is 0 Å². The van der Waals surface area contributed by atoms with Gasteiger partial charge >= 0.3 is 6.18 Å². The first-order valence-electron chi connectivity index (χ1n) is 7.40. The number of hydrogen-bond acceptors (Lipinski definition) is 6. The third-order valence-electron chi connectivity index (χ3n) is 3.67. The number of aryl methyl sites for hydroxylation is 1. The number of nitro groups is 1. The molecular weight excluding hydrogens is 385 g/mol. The smallest absolute Gasteiger partial charge is 0.397 e. The third kappa shape index (κ3) is 3.53. The Labute approximate surface area is 153 Å². The maximum atomic E-state index is 13.3. The number of non-ortho nitro benzene ring substituents is 1. The highest BCUT2D eigenvalue weighted by Gasteiger charge is 2.35. The number of thiophene rings is 1. The molecular formula is C16H11F3N4O3S. The van der Waals surface area contributed by atoms with Crippen molar-refractivity contribution in [2.24, 2.45) is 0 Å². The summed E-state index contributed by atoms with van der Waals surface area (Å²) in [7, 11) is 0. The van der Waals surface area contributed by atoms with Gasteiger partial charge in [-0.3, -0.25) is 14.9 Å². The molecule has 0 bridgehead atoms. The van der Waals surface area contributed by atoms with Crippen LogP contribution in [0.4, 0.5) is 30.2 Å². The second-order valence-electron chi connectivity index (χ2n) is 5.59. The average Bonchev–Trinajstić information content (AvgIpc) is 2.90. The Morgan fingerprint density at radius 3 is 2.48 bits per heavy atom. The molecule has 2 aromatic heterocycles. The molecule has 0 aliphatic heterocycles.